The Bertz CT molecular complexity index is 45.7. The predicted octanol–water partition coefficient (Wildman–Crippen LogP) is -0.783. The molecule has 0 unspecified atom stereocenters. The van der Waals surface area contributed by atoms with Crippen molar-refractivity contribution in [2.24, 2.45) is 5.73 Å². The summed E-state index contributed by atoms with van der Waals surface area (Å²) in [6.45, 7) is 4.36. The third kappa shape index (κ3) is 2.96. The Kier molecular flexibility index (Phi) is 4.95. The number of likely N-dealkylation sites (N-methyl/N-ethyl adjacent to an activating group) is 1. The van der Waals surface area contributed by atoms with Crippen LogP contribution in [0.1, 0.15) is 6.92 Å². The van der Waals surface area contributed by atoms with Gasteiger partial charge in [-0.25, -0.2) is 0 Å². The highest BCUT2D eigenvalue weighted by atomic mass is 16.3. The van der Waals surface area contributed by atoms with Gasteiger partial charge < -0.3 is 10.8 Å². The van der Waals surface area contributed by atoms with Crippen molar-refractivity contribution in [1.29, 1.82) is 0 Å². The molecule has 0 aromatic carbocycles. The first-order valence-corrected chi connectivity index (χ1v) is 2.88. The minimum atomic E-state index is 0.199. The van der Waals surface area contributed by atoms with E-state index in [4.69, 9.17) is 10.8 Å². The standard InChI is InChI=1S/C5H14N2O/c1-2-7(5-6)3-4-8/h8H,2-6H2,1H3. The van der Waals surface area contributed by atoms with Crippen LogP contribution >= 0.6 is 0 Å². The number of hydrogen-bond acceptors (Lipinski definition) is 3. The molecule has 0 amide bonds. The molecule has 0 aliphatic heterocycles. The van der Waals surface area contributed by atoms with Gasteiger partial charge in [0.2, 0.25) is 0 Å². The number of hydrogen-bond donors (Lipinski definition) is 2. The van der Waals surface area contributed by atoms with Gasteiger partial charge in [0, 0.05) is 13.2 Å². The number of nitrogens with zero attached hydrogens (tertiary/aromatic N) is 1. The van der Waals surface area contributed by atoms with Crippen molar-refractivity contribution in [3.8, 4) is 0 Å². The molecule has 0 aliphatic carbocycles. The Balaban J connectivity index is 3.07. The molecule has 0 aromatic heterocycles. The van der Waals surface area contributed by atoms with E-state index in [0.29, 0.717) is 13.2 Å². The van der Waals surface area contributed by atoms with Crippen LogP contribution in [0.3, 0.4) is 0 Å². The SMILES string of the molecule is CCN(CN)CCO. The quantitative estimate of drug-likeness (QED) is 0.476. The first kappa shape index (κ1) is 7.88. The van der Waals surface area contributed by atoms with Gasteiger partial charge in [0.15, 0.2) is 0 Å². The van der Waals surface area contributed by atoms with Crippen LogP contribution in [0, 0.1) is 0 Å². The van der Waals surface area contributed by atoms with Gasteiger partial charge >= 0.3 is 0 Å². The molecule has 3 N–H and O–H groups in total. The molecule has 0 heterocycles. The fourth-order valence-electron chi connectivity index (χ4n) is 0.520. The Morgan fingerprint density at radius 1 is 1.62 bits per heavy atom. The van der Waals surface area contributed by atoms with Crippen LogP contribution in [-0.4, -0.2) is 36.4 Å². The lowest BCUT2D eigenvalue weighted by molar-refractivity contribution is 0.205. The fourth-order valence-corrected chi connectivity index (χ4v) is 0.520. The Morgan fingerprint density at radius 2 is 2.25 bits per heavy atom. The summed E-state index contributed by atoms with van der Waals surface area (Å²) in [5, 5.41) is 8.40. The second-order valence-electron chi connectivity index (χ2n) is 1.62. The van der Waals surface area contributed by atoms with Crippen molar-refractivity contribution < 1.29 is 5.11 Å². The van der Waals surface area contributed by atoms with Crippen LogP contribution in [0.5, 0.6) is 0 Å². The molecule has 0 saturated carbocycles. The van der Waals surface area contributed by atoms with Gasteiger partial charge in [0.05, 0.1) is 6.61 Å². The largest absolute Gasteiger partial charge is 0.395 e. The van der Waals surface area contributed by atoms with Gasteiger partial charge in [-0.1, -0.05) is 6.92 Å². The zero-order chi connectivity index (χ0) is 6.41. The minimum absolute atomic E-state index is 0.199. The lowest BCUT2D eigenvalue weighted by Gasteiger charge is -2.14. The normalized spacial score (nSPS) is 10.5. The molecule has 0 spiro atoms. The monoisotopic (exact) mass is 118 g/mol. The Hall–Kier alpha value is -0.120. The molecule has 50 valence electrons. The second kappa shape index (κ2) is 5.03. The molecule has 3 nitrogen and oxygen atoms in total. The topological polar surface area (TPSA) is 49.5 Å². The summed E-state index contributed by atoms with van der Waals surface area (Å²) in [7, 11) is 0. The summed E-state index contributed by atoms with van der Waals surface area (Å²) >= 11 is 0. The van der Waals surface area contributed by atoms with Gasteiger partial charge in [0.1, 0.15) is 0 Å². The summed E-state index contributed by atoms with van der Waals surface area (Å²) in [4.78, 5) is 1.96. The van der Waals surface area contributed by atoms with Crippen molar-refractivity contribution in [3.63, 3.8) is 0 Å². The number of rotatable bonds is 4. The van der Waals surface area contributed by atoms with Crippen molar-refractivity contribution in [2.75, 3.05) is 26.4 Å². The first-order chi connectivity index (χ1) is 3.85. The van der Waals surface area contributed by atoms with E-state index >= 15 is 0 Å². The molecule has 0 aromatic rings. The van der Waals surface area contributed by atoms with Gasteiger partial charge in [-0.05, 0) is 6.54 Å². The molecular formula is C5H14N2O. The molecule has 0 rings (SSSR count). The van der Waals surface area contributed by atoms with E-state index in [1.807, 2.05) is 11.8 Å². The lowest BCUT2D eigenvalue weighted by Crippen LogP contribution is -2.32. The molecule has 0 atom stereocenters. The van der Waals surface area contributed by atoms with Crippen LogP contribution in [0.15, 0.2) is 0 Å². The third-order valence-electron chi connectivity index (χ3n) is 1.12. The maximum absolute atomic E-state index is 8.40. The van der Waals surface area contributed by atoms with Gasteiger partial charge in [-0.15, -0.1) is 0 Å². The summed E-state index contributed by atoms with van der Waals surface area (Å²) in [6.07, 6.45) is 0. The third-order valence-corrected chi connectivity index (χ3v) is 1.12. The van der Waals surface area contributed by atoms with Crippen molar-refractivity contribution in [2.45, 2.75) is 6.92 Å². The van der Waals surface area contributed by atoms with E-state index in [1.165, 1.54) is 0 Å². The summed E-state index contributed by atoms with van der Waals surface area (Å²) in [5.41, 5.74) is 5.28. The molecule has 8 heavy (non-hydrogen) atoms. The van der Waals surface area contributed by atoms with E-state index in [-0.39, 0.29) is 6.61 Å². The van der Waals surface area contributed by atoms with Crippen LogP contribution < -0.4 is 5.73 Å². The summed E-state index contributed by atoms with van der Waals surface area (Å²) in [6, 6.07) is 0. The van der Waals surface area contributed by atoms with Crippen molar-refractivity contribution in [1.82, 2.24) is 4.90 Å². The molecule has 0 aliphatic rings. The number of aliphatic hydroxyl groups excluding tert-OH is 1. The lowest BCUT2D eigenvalue weighted by atomic mass is 10.5. The van der Waals surface area contributed by atoms with E-state index < -0.39 is 0 Å². The molecule has 3 heteroatoms. The highest BCUT2D eigenvalue weighted by molar-refractivity contribution is 4.47. The maximum atomic E-state index is 8.40. The van der Waals surface area contributed by atoms with Crippen molar-refractivity contribution >= 4 is 0 Å². The fraction of sp³-hybridized carbons (Fsp3) is 1.00. The Morgan fingerprint density at radius 3 is 2.38 bits per heavy atom. The molecule has 0 saturated heterocycles. The minimum Gasteiger partial charge on any atom is -0.395 e. The second-order valence-corrected chi connectivity index (χ2v) is 1.62. The number of aliphatic hydroxyl groups is 1. The maximum Gasteiger partial charge on any atom is 0.0558 e. The molecular weight excluding hydrogens is 104 g/mol. The van der Waals surface area contributed by atoms with Gasteiger partial charge in [-0.2, -0.15) is 0 Å². The van der Waals surface area contributed by atoms with Gasteiger partial charge in [-0.3, -0.25) is 4.90 Å². The van der Waals surface area contributed by atoms with Crippen LogP contribution in [0.4, 0.5) is 0 Å². The zero-order valence-corrected chi connectivity index (χ0v) is 5.30. The van der Waals surface area contributed by atoms with E-state index in [9.17, 15) is 0 Å². The smallest absolute Gasteiger partial charge is 0.0558 e. The highest BCUT2D eigenvalue weighted by Crippen LogP contribution is 1.79. The zero-order valence-electron chi connectivity index (χ0n) is 5.30. The average Bonchev–Trinajstić information content (AvgIpc) is 1.83. The Labute approximate surface area is 50.1 Å². The highest BCUT2D eigenvalue weighted by Gasteiger charge is 1.93. The van der Waals surface area contributed by atoms with E-state index in [1.54, 1.807) is 0 Å². The van der Waals surface area contributed by atoms with Crippen molar-refractivity contribution in [3.05, 3.63) is 0 Å². The first-order valence-electron chi connectivity index (χ1n) is 2.88. The summed E-state index contributed by atoms with van der Waals surface area (Å²) < 4.78 is 0. The van der Waals surface area contributed by atoms with E-state index in [0.717, 1.165) is 6.54 Å². The summed E-state index contributed by atoms with van der Waals surface area (Å²) in [5.74, 6) is 0. The number of nitrogens with two attached hydrogens (primary N) is 1. The van der Waals surface area contributed by atoms with Gasteiger partial charge in [0.25, 0.3) is 0 Å². The van der Waals surface area contributed by atoms with Crippen LogP contribution in [-0.2, 0) is 0 Å². The predicted molar refractivity (Wildman–Crippen MR) is 33.4 cm³/mol. The van der Waals surface area contributed by atoms with Crippen LogP contribution in [0.2, 0.25) is 0 Å². The molecule has 0 bridgehead atoms. The van der Waals surface area contributed by atoms with Crippen LogP contribution in [0.25, 0.3) is 0 Å². The average molecular weight is 118 g/mol. The van der Waals surface area contributed by atoms with E-state index in [2.05, 4.69) is 0 Å². The molecule has 0 fully saturated rings. The molecule has 0 radical (unpaired) electrons.